The number of carbonyl (C=O) groups excluding carboxylic acids is 1. The summed E-state index contributed by atoms with van der Waals surface area (Å²) in [7, 11) is 1.52. The maximum Gasteiger partial charge on any atom is 0.349 e. The lowest BCUT2D eigenvalue weighted by molar-refractivity contribution is -0.159. The van der Waals surface area contributed by atoms with E-state index in [0.717, 1.165) is 11.8 Å². The molecule has 0 aliphatic heterocycles. The number of esters is 1. The van der Waals surface area contributed by atoms with Crippen LogP contribution in [0.5, 0.6) is 23.0 Å². The molecular formula is C26H32O8. The van der Waals surface area contributed by atoms with Gasteiger partial charge in [-0.3, -0.25) is 0 Å². The molecule has 0 unspecified atom stereocenters. The van der Waals surface area contributed by atoms with E-state index in [9.17, 15) is 9.59 Å². The molecule has 0 heterocycles. The Hall–Kier alpha value is -3.68. The molecule has 0 aromatic heterocycles. The minimum Gasteiger partial charge on any atom is -0.494 e. The maximum absolute atomic E-state index is 12.4. The summed E-state index contributed by atoms with van der Waals surface area (Å²) in [6.07, 6.45) is 3.81. The first-order chi connectivity index (χ1) is 16.2. The molecule has 1 N–H and O–H groups in total. The van der Waals surface area contributed by atoms with Crippen molar-refractivity contribution in [3.05, 3.63) is 54.1 Å². The SMILES string of the molecule is CCOc1ccc(OC(C)(C)C(=O)OCCCCOc2ccc(/C=C/C(=O)O)cc2OC)cc1. The van der Waals surface area contributed by atoms with Crippen LogP contribution in [0.3, 0.4) is 0 Å². The summed E-state index contributed by atoms with van der Waals surface area (Å²) in [5.41, 5.74) is -0.443. The van der Waals surface area contributed by atoms with Crippen molar-refractivity contribution < 1.29 is 38.4 Å². The first-order valence-corrected chi connectivity index (χ1v) is 11.1. The third-order valence-corrected chi connectivity index (χ3v) is 4.63. The van der Waals surface area contributed by atoms with Crippen molar-refractivity contribution in [1.29, 1.82) is 0 Å². The van der Waals surface area contributed by atoms with E-state index in [2.05, 4.69) is 0 Å². The Morgan fingerprint density at radius 1 is 0.941 bits per heavy atom. The molecule has 2 rings (SSSR count). The number of carbonyl (C=O) groups is 2. The standard InChI is InChI=1S/C26H32O8/c1-5-31-20-10-12-21(13-11-20)34-26(2,3)25(29)33-17-7-6-16-32-22-14-8-19(9-15-24(27)28)18-23(22)30-4/h8-15,18H,5-7,16-17H2,1-4H3,(H,27,28)/b15-9+. The molecule has 8 nitrogen and oxygen atoms in total. The van der Waals surface area contributed by atoms with Gasteiger partial charge in [0.1, 0.15) is 11.5 Å². The zero-order valence-corrected chi connectivity index (χ0v) is 20.0. The van der Waals surface area contributed by atoms with Gasteiger partial charge in [-0.05, 0) is 81.7 Å². The summed E-state index contributed by atoms with van der Waals surface area (Å²) in [5, 5.41) is 8.73. The predicted molar refractivity (Wildman–Crippen MR) is 128 cm³/mol. The quantitative estimate of drug-likeness (QED) is 0.239. The van der Waals surface area contributed by atoms with Gasteiger partial charge in [0, 0.05) is 6.08 Å². The Bertz CT molecular complexity index is 963. The Balaban J connectivity index is 1.73. The Labute approximate surface area is 200 Å². The molecule has 0 aliphatic carbocycles. The van der Waals surface area contributed by atoms with Gasteiger partial charge >= 0.3 is 11.9 Å². The lowest BCUT2D eigenvalue weighted by atomic mass is 10.1. The van der Waals surface area contributed by atoms with E-state index >= 15 is 0 Å². The van der Waals surface area contributed by atoms with Crippen LogP contribution in [-0.4, -0.2) is 49.6 Å². The molecule has 0 saturated heterocycles. The number of ether oxygens (including phenoxy) is 5. The minimum atomic E-state index is -1.13. The number of rotatable bonds is 14. The average Bonchev–Trinajstić information content (AvgIpc) is 2.81. The van der Waals surface area contributed by atoms with Crippen molar-refractivity contribution in [3.63, 3.8) is 0 Å². The molecule has 0 spiro atoms. The third-order valence-electron chi connectivity index (χ3n) is 4.63. The second-order valence-corrected chi connectivity index (χ2v) is 7.79. The van der Waals surface area contributed by atoms with E-state index in [1.54, 1.807) is 56.3 Å². The van der Waals surface area contributed by atoms with Crippen LogP contribution in [-0.2, 0) is 14.3 Å². The van der Waals surface area contributed by atoms with Gasteiger partial charge in [-0.25, -0.2) is 9.59 Å². The fourth-order valence-corrected chi connectivity index (χ4v) is 2.91. The molecule has 2 aromatic rings. The van der Waals surface area contributed by atoms with E-state index in [1.807, 2.05) is 6.92 Å². The van der Waals surface area contributed by atoms with Crippen LogP contribution in [0.2, 0.25) is 0 Å². The second-order valence-electron chi connectivity index (χ2n) is 7.79. The van der Waals surface area contributed by atoms with E-state index in [0.29, 0.717) is 48.9 Å². The molecule has 184 valence electrons. The normalized spacial score (nSPS) is 11.2. The van der Waals surface area contributed by atoms with E-state index in [4.69, 9.17) is 28.8 Å². The van der Waals surface area contributed by atoms with Crippen molar-refractivity contribution in [1.82, 2.24) is 0 Å². The van der Waals surface area contributed by atoms with Gasteiger partial charge in [0.25, 0.3) is 0 Å². The number of carboxylic acids is 1. The number of unbranched alkanes of at least 4 members (excludes halogenated alkanes) is 1. The van der Waals surface area contributed by atoms with Crippen LogP contribution < -0.4 is 18.9 Å². The summed E-state index contributed by atoms with van der Waals surface area (Å²) in [5.74, 6) is 0.877. The fraction of sp³-hybridized carbons (Fsp3) is 0.385. The van der Waals surface area contributed by atoms with Crippen molar-refractivity contribution in [2.45, 2.75) is 39.2 Å². The van der Waals surface area contributed by atoms with Gasteiger partial charge in [0.2, 0.25) is 0 Å². The van der Waals surface area contributed by atoms with Crippen LogP contribution in [0.25, 0.3) is 6.08 Å². The highest BCUT2D eigenvalue weighted by molar-refractivity contribution is 5.85. The molecular weight excluding hydrogens is 440 g/mol. The van der Waals surface area contributed by atoms with Gasteiger partial charge in [-0.15, -0.1) is 0 Å². The fourth-order valence-electron chi connectivity index (χ4n) is 2.91. The highest BCUT2D eigenvalue weighted by Crippen LogP contribution is 2.29. The zero-order chi connectivity index (χ0) is 25.0. The van der Waals surface area contributed by atoms with Crippen LogP contribution in [0, 0.1) is 0 Å². The molecule has 34 heavy (non-hydrogen) atoms. The molecule has 0 fully saturated rings. The van der Waals surface area contributed by atoms with Crippen LogP contribution >= 0.6 is 0 Å². The number of hydrogen-bond donors (Lipinski definition) is 1. The first kappa shape index (κ1) is 26.6. The van der Waals surface area contributed by atoms with Gasteiger partial charge in [0.05, 0.1) is 26.9 Å². The molecule has 0 aliphatic rings. The van der Waals surface area contributed by atoms with Gasteiger partial charge in [0.15, 0.2) is 17.1 Å². The van der Waals surface area contributed by atoms with Crippen LogP contribution in [0.15, 0.2) is 48.5 Å². The summed E-state index contributed by atoms with van der Waals surface area (Å²) in [6, 6.07) is 12.2. The van der Waals surface area contributed by atoms with Gasteiger partial charge < -0.3 is 28.8 Å². The topological polar surface area (TPSA) is 101 Å². The molecule has 0 bridgehead atoms. The molecule has 2 aromatic carbocycles. The first-order valence-electron chi connectivity index (χ1n) is 11.1. The molecule has 0 saturated carbocycles. The third kappa shape index (κ3) is 8.69. The van der Waals surface area contributed by atoms with Crippen molar-refractivity contribution >= 4 is 18.0 Å². The number of carboxylic acid groups (broad SMARTS) is 1. The predicted octanol–water partition coefficient (Wildman–Crippen LogP) is 4.75. The van der Waals surface area contributed by atoms with Crippen molar-refractivity contribution in [2.24, 2.45) is 0 Å². The lowest BCUT2D eigenvalue weighted by Crippen LogP contribution is -2.39. The van der Waals surface area contributed by atoms with E-state index in [-0.39, 0.29) is 6.61 Å². The number of methoxy groups -OCH3 is 1. The summed E-state index contributed by atoms with van der Waals surface area (Å²) >= 11 is 0. The Kier molecular flexibility index (Phi) is 10.3. The average molecular weight is 473 g/mol. The molecule has 0 amide bonds. The largest absolute Gasteiger partial charge is 0.494 e. The minimum absolute atomic E-state index is 0.244. The highest BCUT2D eigenvalue weighted by Gasteiger charge is 2.31. The zero-order valence-electron chi connectivity index (χ0n) is 20.0. The van der Waals surface area contributed by atoms with Gasteiger partial charge in [-0.2, -0.15) is 0 Å². The highest BCUT2D eigenvalue weighted by atomic mass is 16.6. The van der Waals surface area contributed by atoms with E-state index in [1.165, 1.54) is 13.2 Å². The summed E-state index contributed by atoms with van der Waals surface area (Å²) in [4.78, 5) is 23.1. The summed E-state index contributed by atoms with van der Waals surface area (Å²) in [6.45, 7) is 6.47. The van der Waals surface area contributed by atoms with Crippen LogP contribution in [0.4, 0.5) is 0 Å². The number of benzene rings is 2. The monoisotopic (exact) mass is 472 g/mol. The molecule has 0 atom stereocenters. The van der Waals surface area contributed by atoms with Crippen LogP contribution in [0.1, 0.15) is 39.2 Å². The Morgan fingerprint density at radius 2 is 1.62 bits per heavy atom. The summed E-state index contributed by atoms with van der Waals surface area (Å²) < 4.78 is 27.6. The van der Waals surface area contributed by atoms with Crippen molar-refractivity contribution in [3.8, 4) is 23.0 Å². The lowest BCUT2D eigenvalue weighted by Gasteiger charge is -2.24. The van der Waals surface area contributed by atoms with Gasteiger partial charge in [-0.1, -0.05) is 6.07 Å². The molecule has 0 radical (unpaired) electrons. The Morgan fingerprint density at radius 3 is 2.26 bits per heavy atom. The van der Waals surface area contributed by atoms with Crippen molar-refractivity contribution in [2.75, 3.05) is 26.9 Å². The molecule has 8 heteroatoms. The number of aliphatic carboxylic acids is 1. The smallest absolute Gasteiger partial charge is 0.349 e. The van der Waals surface area contributed by atoms with E-state index < -0.39 is 17.5 Å². The number of hydrogen-bond acceptors (Lipinski definition) is 7. The second kappa shape index (κ2) is 13.1. The maximum atomic E-state index is 12.4.